The quantitative estimate of drug-likeness (QED) is 0.762. The second-order valence-corrected chi connectivity index (χ2v) is 6.24. The highest BCUT2D eigenvalue weighted by atomic mass is 35.5. The van der Waals surface area contributed by atoms with Gasteiger partial charge in [-0.05, 0) is 49.2 Å². The van der Waals surface area contributed by atoms with Crippen LogP contribution < -0.4 is 10.1 Å². The molecule has 0 aliphatic rings. The summed E-state index contributed by atoms with van der Waals surface area (Å²) in [6.45, 7) is 2.99. The van der Waals surface area contributed by atoms with Crippen molar-refractivity contribution < 1.29 is 19.1 Å². The van der Waals surface area contributed by atoms with Crippen LogP contribution in [0, 0.1) is 13.8 Å². The molecule has 25 heavy (non-hydrogen) atoms. The molecule has 0 spiro atoms. The van der Waals surface area contributed by atoms with E-state index in [-0.39, 0.29) is 6.61 Å². The summed E-state index contributed by atoms with van der Waals surface area (Å²) in [4.78, 5) is 23.6. The SMILES string of the molecule is Cc1cc(C)c(NC(=O)COC(=O)COc2cccc(Cl)c2)c(Cl)c1. The van der Waals surface area contributed by atoms with Gasteiger partial charge in [0.2, 0.25) is 0 Å². The largest absolute Gasteiger partial charge is 0.482 e. The molecule has 0 fully saturated rings. The van der Waals surface area contributed by atoms with Gasteiger partial charge in [0.25, 0.3) is 5.91 Å². The molecule has 7 heteroatoms. The Morgan fingerprint density at radius 3 is 2.52 bits per heavy atom. The van der Waals surface area contributed by atoms with E-state index in [0.717, 1.165) is 11.1 Å². The molecule has 1 N–H and O–H groups in total. The molecule has 2 aromatic carbocycles. The van der Waals surface area contributed by atoms with E-state index in [4.69, 9.17) is 32.7 Å². The number of ether oxygens (including phenoxy) is 2. The third kappa shape index (κ3) is 5.96. The Balaban J connectivity index is 1.81. The Morgan fingerprint density at radius 2 is 1.84 bits per heavy atom. The molecule has 0 unspecified atom stereocenters. The zero-order chi connectivity index (χ0) is 18.4. The molecule has 5 nitrogen and oxygen atoms in total. The fourth-order valence-corrected chi connectivity index (χ4v) is 2.68. The average Bonchev–Trinajstić information content (AvgIpc) is 2.54. The van der Waals surface area contributed by atoms with Crippen LogP contribution >= 0.6 is 23.2 Å². The topological polar surface area (TPSA) is 64.6 Å². The maximum absolute atomic E-state index is 11.9. The molecule has 0 radical (unpaired) electrons. The van der Waals surface area contributed by atoms with Crippen molar-refractivity contribution in [3.05, 3.63) is 57.6 Å². The maximum atomic E-state index is 11.9. The van der Waals surface area contributed by atoms with Crippen molar-refractivity contribution in [1.29, 1.82) is 0 Å². The van der Waals surface area contributed by atoms with Crippen molar-refractivity contribution in [2.24, 2.45) is 0 Å². The summed E-state index contributed by atoms with van der Waals surface area (Å²) >= 11 is 11.9. The van der Waals surface area contributed by atoms with E-state index >= 15 is 0 Å². The summed E-state index contributed by atoms with van der Waals surface area (Å²) < 4.78 is 10.1. The number of carbonyl (C=O) groups is 2. The van der Waals surface area contributed by atoms with Gasteiger partial charge in [-0.1, -0.05) is 35.3 Å². The zero-order valence-corrected chi connectivity index (χ0v) is 15.3. The number of amides is 1. The number of benzene rings is 2. The number of carbonyl (C=O) groups excluding carboxylic acids is 2. The van der Waals surface area contributed by atoms with Crippen LogP contribution in [0.15, 0.2) is 36.4 Å². The first-order valence-electron chi connectivity index (χ1n) is 7.45. The normalized spacial score (nSPS) is 10.2. The molecule has 0 heterocycles. The van der Waals surface area contributed by atoms with Crippen molar-refractivity contribution in [2.75, 3.05) is 18.5 Å². The van der Waals surface area contributed by atoms with E-state index in [9.17, 15) is 9.59 Å². The highest BCUT2D eigenvalue weighted by Gasteiger charge is 2.12. The van der Waals surface area contributed by atoms with Gasteiger partial charge in [-0.2, -0.15) is 0 Å². The molecular weight excluding hydrogens is 365 g/mol. The van der Waals surface area contributed by atoms with E-state index in [1.54, 1.807) is 30.3 Å². The van der Waals surface area contributed by atoms with Crippen LogP contribution in [0.1, 0.15) is 11.1 Å². The van der Waals surface area contributed by atoms with Gasteiger partial charge in [0, 0.05) is 5.02 Å². The van der Waals surface area contributed by atoms with Gasteiger partial charge in [0.1, 0.15) is 5.75 Å². The van der Waals surface area contributed by atoms with Crippen LogP contribution in [0.4, 0.5) is 5.69 Å². The molecule has 0 atom stereocenters. The molecule has 132 valence electrons. The lowest BCUT2D eigenvalue weighted by atomic mass is 10.1. The number of aryl methyl sites for hydroxylation is 2. The number of esters is 1. The first-order valence-corrected chi connectivity index (χ1v) is 8.21. The predicted octanol–water partition coefficient (Wildman–Crippen LogP) is 4.17. The summed E-state index contributed by atoms with van der Waals surface area (Å²) in [5.41, 5.74) is 2.32. The summed E-state index contributed by atoms with van der Waals surface area (Å²) in [6.07, 6.45) is 0. The highest BCUT2D eigenvalue weighted by Crippen LogP contribution is 2.27. The van der Waals surface area contributed by atoms with E-state index in [2.05, 4.69) is 5.32 Å². The maximum Gasteiger partial charge on any atom is 0.344 e. The molecule has 0 aliphatic heterocycles. The van der Waals surface area contributed by atoms with Crippen LogP contribution in [-0.2, 0) is 14.3 Å². The Kier molecular flexibility index (Phi) is 6.67. The van der Waals surface area contributed by atoms with Gasteiger partial charge in [0.15, 0.2) is 13.2 Å². The number of halogens is 2. The van der Waals surface area contributed by atoms with E-state index in [1.807, 2.05) is 19.9 Å². The number of anilines is 1. The van der Waals surface area contributed by atoms with E-state index in [1.165, 1.54) is 0 Å². The van der Waals surface area contributed by atoms with E-state index < -0.39 is 18.5 Å². The molecule has 2 rings (SSSR count). The Hall–Kier alpha value is -2.24. The number of rotatable bonds is 6. The van der Waals surface area contributed by atoms with Crippen LogP contribution in [0.5, 0.6) is 5.75 Å². The van der Waals surface area contributed by atoms with Gasteiger partial charge in [-0.3, -0.25) is 4.79 Å². The van der Waals surface area contributed by atoms with Crippen molar-refractivity contribution in [1.82, 2.24) is 0 Å². The second-order valence-electron chi connectivity index (χ2n) is 5.39. The average molecular weight is 382 g/mol. The third-order valence-electron chi connectivity index (χ3n) is 3.21. The van der Waals surface area contributed by atoms with E-state index in [0.29, 0.717) is 21.5 Å². The molecule has 0 aliphatic carbocycles. The Morgan fingerprint density at radius 1 is 1.08 bits per heavy atom. The molecule has 0 bridgehead atoms. The van der Waals surface area contributed by atoms with Crippen molar-refractivity contribution in [3.63, 3.8) is 0 Å². The molecule has 0 saturated heterocycles. The molecule has 1 amide bonds. The number of nitrogens with one attached hydrogen (secondary N) is 1. The molecule has 0 saturated carbocycles. The standard InChI is InChI=1S/C18H17Cl2NO4/c1-11-6-12(2)18(15(20)7-11)21-16(22)9-25-17(23)10-24-14-5-3-4-13(19)8-14/h3-8H,9-10H2,1-2H3,(H,21,22). The molecule has 2 aromatic rings. The minimum absolute atomic E-state index is 0.321. The summed E-state index contributed by atoms with van der Waals surface area (Å²) in [5.74, 6) is -0.706. The fourth-order valence-electron chi connectivity index (χ4n) is 2.14. The second kappa shape index (κ2) is 8.74. The van der Waals surface area contributed by atoms with Crippen molar-refractivity contribution in [2.45, 2.75) is 13.8 Å². The van der Waals surface area contributed by atoms with Gasteiger partial charge >= 0.3 is 5.97 Å². The minimum atomic E-state index is -0.665. The van der Waals surface area contributed by atoms with Crippen LogP contribution in [0.2, 0.25) is 10.0 Å². The number of hydrogen-bond donors (Lipinski definition) is 1. The molecule has 0 aromatic heterocycles. The Labute approximate surface area is 155 Å². The summed E-state index contributed by atoms with van der Waals surface area (Å²) in [5, 5.41) is 3.56. The number of hydrogen-bond acceptors (Lipinski definition) is 4. The monoisotopic (exact) mass is 381 g/mol. The zero-order valence-electron chi connectivity index (χ0n) is 13.8. The van der Waals surface area contributed by atoms with Crippen molar-refractivity contribution >= 4 is 40.8 Å². The highest BCUT2D eigenvalue weighted by molar-refractivity contribution is 6.34. The summed E-state index contributed by atoms with van der Waals surface area (Å²) in [6, 6.07) is 10.3. The van der Waals surface area contributed by atoms with Gasteiger partial charge in [0.05, 0.1) is 10.7 Å². The predicted molar refractivity (Wildman–Crippen MR) is 97.5 cm³/mol. The van der Waals surface area contributed by atoms with Crippen LogP contribution in [-0.4, -0.2) is 25.1 Å². The van der Waals surface area contributed by atoms with Gasteiger partial charge in [-0.25, -0.2) is 4.79 Å². The first kappa shape index (κ1) is 19.1. The van der Waals surface area contributed by atoms with Crippen LogP contribution in [0.25, 0.3) is 0 Å². The lowest BCUT2D eigenvalue weighted by molar-refractivity contribution is -0.149. The lowest BCUT2D eigenvalue weighted by Gasteiger charge is -2.12. The first-order chi connectivity index (χ1) is 11.8. The lowest BCUT2D eigenvalue weighted by Crippen LogP contribution is -2.24. The Bertz CT molecular complexity index is 769. The third-order valence-corrected chi connectivity index (χ3v) is 3.75. The fraction of sp³-hybridized carbons (Fsp3) is 0.222. The summed E-state index contributed by atoms with van der Waals surface area (Å²) in [7, 11) is 0. The molecular formula is C18H17Cl2NO4. The van der Waals surface area contributed by atoms with Gasteiger partial charge < -0.3 is 14.8 Å². The minimum Gasteiger partial charge on any atom is -0.482 e. The van der Waals surface area contributed by atoms with Gasteiger partial charge in [-0.15, -0.1) is 0 Å². The van der Waals surface area contributed by atoms with Crippen LogP contribution in [0.3, 0.4) is 0 Å². The smallest absolute Gasteiger partial charge is 0.344 e. The van der Waals surface area contributed by atoms with Crippen molar-refractivity contribution in [3.8, 4) is 5.75 Å².